The van der Waals surface area contributed by atoms with Crippen LogP contribution in [0, 0.1) is 0 Å². The largest absolute Gasteiger partial charge is 0.277 e. The number of nitrogens with zero attached hydrogens (tertiary/aromatic N) is 4. The predicted molar refractivity (Wildman–Crippen MR) is 221 cm³/mol. The van der Waals surface area contributed by atoms with Gasteiger partial charge in [-0.15, -0.1) is 11.3 Å². The SMILES string of the molecule is CC1(C)c2ccccc2-c2ccc(-c3nc(-c4ccccc4)nc(-n4c5ccccc5c5cccc(-c6cccc7sc8ccccc8c67)c54)n3)cc21. The molecule has 3 aromatic heterocycles. The summed E-state index contributed by atoms with van der Waals surface area (Å²) in [6, 6.07) is 56.4. The lowest BCUT2D eigenvalue weighted by Gasteiger charge is -2.21. The third-order valence-electron chi connectivity index (χ3n) is 11.1. The van der Waals surface area contributed by atoms with E-state index >= 15 is 0 Å². The summed E-state index contributed by atoms with van der Waals surface area (Å²) in [5.74, 6) is 1.89. The first-order valence-corrected chi connectivity index (χ1v) is 18.9. The molecule has 0 bridgehead atoms. The molecule has 0 N–H and O–H groups in total. The van der Waals surface area contributed by atoms with Crippen molar-refractivity contribution in [3.05, 3.63) is 169 Å². The summed E-state index contributed by atoms with van der Waals surface area (Å²) >= 11 is 1.85. The Morgan fingerprint density at radius 2 is 1.11 bits per heavy atom. The Morgan fingerprint density at radius 1 is 0.472 bits per heavy atom. The Morgan fingerprint density at radius 3 is 2.00 bits per heavy atom. The molecule has 4 nitrogen and oxygen atoms in total. The van der Waals surface area contributed by atoms with Gasteiger partial charge in [-0.25, -0.2) is 4.98 Å². The first kappa shape index (κ1) is 30.2. The monoisotopic (exact) mass is 696 g/mol. The van der Waals surface area contributed by atoms with E-state index in [-0.39, 0.29) is 5.41 Å². The van der Waals surface area contributed by atoms with Gasteiger partial charge in [0.25, 0.3) is 0 Å². The van der Waals surface area contributed by atoms with Gasteiger partial charge < -0.3 is 0 Å². The molecule has 0 spiro atoms. The lowest BCUT2D eigenvalue weighted by atomic mass is 9.82. The summed E-state index contributed by atoms with van der Waals surface area (Å²) < 4.78 is 4.83. The average Bonchev–Trinajstić information content (AvgIpc) is 3.84. The predicted octanol–water partition coefficient (Wildman–Crippen LogP) is 12.6. The zero-order valence-electron chi connectivity index (χ0n) is 29.2. The highest BCUT2D eigenvalue weighted by atomic mass is 32.1. The van der Waals surface area contributed by atoms with Gasteiger partial charge in [-0.1, -0.05) is 147 Å². The topological polar surface area (TPSA) is 43.6 Å². The van der Waals surface area contributed by atoms with Crippen molar-refractivity contribution in [3.63, 3.8) is 0 Å². The molecule has 250 valence electrons. The molecule has 0 saturated heterocycles. The molecular formula is C48H32N4S. The molecule has 0 saturated carbocycles. The normalized spacial score (nSPS) is 13.2. The highest BCUT2D eigenvalue weighted by Crippen LogP contribution is 2.50. The van der Waals surface area contributed by atoms with E-state index in [1.807, 2.05) is 29.5 Å². The van der Waals surface area contributed by atoms with E-state index in [4.69, 9.17) is 15.0 Å². The van der Waals surface area contributed by atoms with Crippen LogP contribution in [0.2, 0.25) is 0 Å². The van der Waals surface area contributed by atoms with Gasteiger partial charge in [0.1, 0.15) is 0 Å². The fraction of sp³-hybridized carbons (Fsp3) is 0.0625. The molecule has 1 aliphatic carbocycles. The van der Waals surface area contributed by atoms with Gasteiger partial charge in [0, 0.05) is 53.1 Å². The minimum Gasteiger partial charge on any atom is -0.277 e. The summed E-state index contributed by atoms with van der Waals surface area (Å²) in [5.41, 5.74) is 11.5. The summed E-state index contributed by atoms with van der Waals surface area (Å²) in [6.45, 7) is 4.62. The van der Waals surface area contributed by atoms with Crippen molar-refractivity contribution >= 4 is 53.3 Å². The van der Waals surface area contributed by atoms with Crippen LogP contribution >= 0.6 is 11.3 Å². The number of thiophene rings is 1. The molecule has 0 aliphatic heterocycles. The van der Waals surface area contributed by atoms with E-state index in [2.05, 4.69) is 158 Å². The first-order valence-electron chi connectivity index (χ1n) is 18.0. The Kier molecular flexibility index (Phi) is 6.43. The van der Waals surface area contributed by atoms with Crippen molar-refractivity contribution in [2.24, 2.45) is 0 Å². The molecule has 3 heterocycles. The number of aromatic nitrogens is 4. The van der Waals surface area contributed by atoms with Crippen LogP contribution in [0.5, 0.6) is 0 Å². The number of fused-ring (bicyclic) bond motifs is 9. The van der Waals surface area contributed by atoms with Crippen LogP contribution in [0.15, 0.2) is 158 Å². The van der Waals surface area contributed by atoms with Crippen LogP contribution in [0.25, 0.3) is 93.0 Å². The zero-order valence-corrected chi connectivity index (χ0v) is 30.0. The molecule has 0 radical (unpaired) electrons. The van der Waals surface area contributed by atoms with Crippen LogP contribution in [0.1, 0.15) is 25.0 Å². The Balaban J connectivity index is 1.21. The van der Waals surface area contributed by atoms with Gasteiger partial charge in [0.05, 0.1) is 11.0 Å². The number of para-hydroxylation sites is 2. The third-order valence-corrected chi connectivity index (χ3v) is 12.2. The fourth-order valence-corrected chi connectivity index (χ4v) is 9.73. The van der Waals surface area contributed by atoms with Crippen molar-refractivity contribution < 1.29 is 0 Å². The minimum atomic E-state index is -0.144. The second-order valence-corrected chi connectivity index (χ2v) is 15.5. The number of hydrogen-bond acceptors (Lipinski definition) is 4. The lowest BCUT2D eigenvalue weighted by Crippen LogP contribution is -2.15. The Hall–Kier alpha value is -6.43. The van der Waals surface area contributed by atoms with Gasteiger partial charge >= 0.3 is 0 Å². The van der Waals surface area contributed by atoms with Gasteiger partial charge in [-0.3, -0.25) is 4.57 Å². The summed E-state index contributed by atoms with van der Waals surface area (Å²) in [4.78, 5) is 15.8. The second kappa shape index (κ2) is 11.3. The van der Waals surface area contributed by atoms with Crippen LogP contribution in [-0.4, -0.2) is 19.5 Å². The molecule has 10 aromatic rings. The molecule has 53 heavy (non-hydrogen) atoms. The van der Waals surface area contributed by atoms with E-state index in [9.17, 15) is 0 Å². The van der Waals surface area contributed by atoms with Crippen LogP contribution in [-0.2, 0) is 5.41 Å². The molecule has 7 aromatic carbocycles. The van der Waals surface area contributed by atoms with Gasteiger partial charge in [0.15, 0.2) is 11.6 Å². The third kappa shape index (κ3) is 4.44. The number of rotatable bonds is 4. The molecule has 0 fully saturated rings. The quantitative estimate of drug-likeness (QED) is 0.184. The fourth-order valence-electron chi connectivity index (χ4n) is 8.60. The molecule has 5 heteroatoms. The number of hydrogen-bond donors (Lipinski definition) is 0. The maximum absolute atomic E-state index is 5.37. The van der Waals surface area contributed by atoms with Crippen LogP contribution < -0.4 is 0 Å². The van der Waals surface area contributed by atoms with Gasteiger partial charge in [0.2, 0.25) is 5.95 Å². The highest BCUT2D eigenvalue weighted by Gasteiger charge is 2.35. The first-order chi connectivity index (χ1) is 26.0. The van der Waals surface area contributed by atoms with Crippen molar-refractivity contribution in [3.8, 4) is 51.0 Å². The second-order valence-electron chi connectivity index (χ2n) is 14.4. The van der Waals surface area contributed by atoms with E-state index in [0.29, 0.717) is 17.6 Å². The summed E-state index contributed by atoms with van der Waals surface area (Å²) in [7, 11) is 0. The lowest BCUT2D eigenvalue weighted by molar-refractivity contribution is 0.660. The molecule has 0 unspecified atom stereocenters. The molecule has 1 aliphatic rings. The van der Waals surface area contributed by atoms with Crippen molar-refractivity contribution in [1.29, 1.82) is 0 Å². The van der Waals surface area contributed by atoms with Crippen molar-refractivity contribution in [2.45, 2.75) is 19.3 Å². The van der Waals surface area contributed by atoms with Gasteiger partial charge in [-0.05, 0) is 52.1 Å². The maximum Gasteiger partial charge on any atom is 0.238 e. The summed E-state index contributed by atoms with van der Waals surface area (Å²) in [6.07, 6.45) is 0. The Bertz CT molecular complexity index is 3100. The average molecular weight is 697 g/mol. The molecular weight excluding hydrogens is 665 g/mol. The standard InChI is InChI=1S/C48H32N4S/c1-48(2)38-22-9-6-16-31(38)32-27-26-30(28-39(32)48)46-49-45(29-14-4-3-5-15-29)50-47(51-46)52-40-23-10-7-17-33(40)35-20-12-21-36(44(35)52)34-19-13-25-42-43(34)37-18-8-11-24-41(37)53-42/h3-28H,1-2H3. The van der Waals surface area contributed by atoms with Gasteiger partial charge in [-0.2, -0.15) is 9.97 Å². The van der Waals surface area contributed by atoms with Crippen LogP contribution in [0.4, 0.5) is 0 Å². The number of benzene rings is 7. The van der Waals surface area contributed by atoms with E-state index < -0.39 is 0 Å². The highest BCUT2D eigenvalue weighted by molar-refractivity contribution is 7.25. The van der Waals surface area contributed by atoms with Crippen molar-refractivity contribution in [1.82, 2.24) is 19.5 Å². The zero-order chi connectivity index (χ0) is 35.3. The van der Waals surface area contributed by atoms with E-state index in [0.717, 1.165) is 38.5 Å². The molecule has 11 rings (SSSR count). The van der Waals surface area contributed by atoms with E-state index in [1.165, 1.54) is 48.0 Å². The smallest absolute Gasteiger partial charge is 0.238 e. The molecule has 0 atom stereocenters. The summed E-state index contributed by atoms with van der Waals surface area (Å²) in [5, 5.41) is 4.88. The Labute approximate surface area is 310 Å². The van der Waals surface area contributed by atoms with Crippen LogP contribution in [0.3, 0.4) is 0 Å². The molecule has 0 amide bonds. The maximum atomic E-state index is 5.37. The minimum absolute atomic E-state index is 0.144. The van der Waals surface area contributed by atoms with E-state index in [1.54, 1.807) is 0 Å². The van der Waals surface area contributed by atoms with Crippen molar-refractivity contribution in [2.75, 3.05) is 0 Å².